The van der Waals surface area contributed by atoms with Gasteiger partial charge in [-0.1, -0.05) is 32.9 Å². The Morgan fingerprint density at radius 2 is 2.16 bits per heavy atom. The second-order valence-electron chi connectivity index (χ2n) is 8.94. The Bertz CT molecular complexity index is 931. The number of carbonyl (C=O) groups excluding carboxylic acids is 2. The minimum Gasteiger partial charge on any atom is -0.396 e. The van der Waals surface area contributed by atoms with E-state index in [1.165, 1.54) is 16.8 Å². The van der Waals surface area contributed by atoms with Crippen LogP contribution in [0.25, 0.3) is 10.9 Å². The number of aliphatic hydroxyl groups excluding tert-OH is 1. The highest BCUT2D eigenvalue weighted by Gasteiger charge is 2.34. The van der Waals surface area contributed by atoms with Crippen LogP contribution in [0.5, 0.6) is 0 Å². The van der Waals surface area contributed by atoms with E-state index in [9.17, 15) is 14.0 Å². The predicted octanol–water partition coefficient (Wildman–Crippen LogP) is 2.00. The molecule has 1 aliphatic heterocycles. The summed E-state index contributed by atoms with van der Waals surface area (Å²) in [7, 11) is 0. The molecule has 2 unspecified atom stereocenters. The molecule has 0 radical (unpaired) electrons. The van der Waals surface area contributed by atoms with Crippen LogP contribution in [0.3, 0.4) is 0 Å². The van der Waals surface area contributed by atoms with Crippen LogP contribution >= 0.6 is 0 Å². The number of hydrogen-bond donors (Lipinski definition) is 3. The van der Waals surface area contributed by atoms with Crippen molar-refractivity contribution < 1.29 is 23.8 Å². The van der Waals surface area contributed by atoms with Crippen molar-refractivity contribution in [1.29, 1.82) is 0 Å². The molecule has 31 heavy (non-hydrogen) atoms. The zero-order valence-corrected chi connectivity index (χ0v) is 18.3. The number of nitrogens with one attached hydrogen (secondary N) is 2. The van der Waals surface area contributed by atoms with E-state index in [2.05, 4.69) is 15.7 Å². The predicted molar refractivity (Wildman–Crippen MR) is 114 cm³/mol. The van der Waals surface area contributed by atoms with Crippen molar-refractivity contribution in [2.75, 3.05) is 19.8 Å². The molecule has 0 aliphatic carbocycles. The Kier molecular flexibility index (Phi) is 7.27. The quantitative estimate of drug-likeness (QED) is 0.551. The molecule has 2 atom stereocenters. The van der Waals surface area contributed by atoms with Crippen LogP contribution in [-0.2, 0) is 16.1 Å². The molecule has 170 valence electrons. The van der Waals surface area contributed by atoms with Crippen LogP contribution in [-0.4, -0.2) is 58.6 Å². The summed E-state index contributed by atoms with van der Waals surface area (Å²) < 4.78 is 21.8. The first-order valence-electron chi connectivity index (χ1n) is 10.7. The molecule has 1 aliphatic rings. The SMILES string of the molecule is CC(C)(C)C(NC(=O)c1nn(CC2CCCO2)c2c(F)cccc12)C(=O)NCCCO. The first-order chi connectivity index (χ1) is 14.7. The zero-order chi connectivity index (χ0) is 22.6. The van der Waals surface area contributed by atoms with Crippen molar-refractivity contribution in [1.82, 2.24) is 20.4 Å². The number of carbonyl (C=O) groups is 2. The molecular weight excluding hydrogens is 403 g/mol. The maximum Gasteiger partial charge on any atom is 0.273 e. The van der Waals surface area contributed by atoms with Crippen LogP contribution in [0.1, 0.15) is 50.5 Å². The van der Waals surface area contributed by atoms with E-state index in [4.69, 9.17) is 9.84 Å². The Balaban J connectivity index is 1.88. The topological polar surface area (TPSA) is 105 Å². The first kappa shape index (κ1) is 23.1. The number of para-hydroxylation sites is 1. The average molecular weight is 435 g/mol. The standard InChI is InChI=1S/C22H31FN4O4/c1-22(2,3)19(21(30)24-10-6-11-28)25-20(29)17-15-8-4-9-16(23)18(15)27(26-17)13-14-7-5-12-31-14/h4,8-9,14,19,28H,5-7,10-13H2,1-3H3,(H,24,30)(H,25,29). The van der Waals surface area contributed by atoms with Gasteiger partial charge in [0, 0.05) is 25.1 Å². The van der Waals surface area contributed by atoms with Gasteiger partial charge in [0.15, 0.2) is 5.69 Å². The maximum absolute atomic E-state index is 14.6. The summed E-state index contributed by atoms with van der Waals surface area (Å²) in [4.78, 5) is 25.8. The van der Waals surface area contributed by atoms with Gasteiger partial charge in [-0.25, -0.2) is 4.39 Å². The normalized spacial score (nSPS) is 17.6. The van der Waals surface area contributed by atoms with Crippen LogP contribution in [0.2, 0.25) is 0 Å². The van der Waals surface area contributed by atoms with E-state index in [1.54, 1.807) is 6.07 Å². The Hall–Kier alpha value is -2.52. The van der Waals surface area contributed by atoms with E-state index in [0.717, 1.165) is 12.8 Å². The van der Waals surface area contributed by atoms with Gasteiger partial charge >= 0.3 is 0 Å². The number of ether oxygens (including phenoxy) is 1. The maximum atomic E-state index is 14.6. The van der Waals surface area contributed by atoms with Crippen molar-refractivity contribution in [3.63, 3.8) is 0 Å². The number of nitrogens with zero attached hydrogens (tertiary/aromatic N) is 2. The summed E-state index contributed by atoms with van der Waals surface area (Å²) in [6.45, 7) is 6.83. The van der Waals surface area contributed by atoms with Crippen LogP contribution in [0.15, 0.2) is 18.2 Å². The second kappa shape index (κ2) is 9.74. The average Bonchev–Trinajstić information content (AvgIpc) is 3.34. The van der Waals surface area contributed by atoms with Gasteiger partial charge in [0.2, 0.25) is 5.91 Å². The Morgan fingerprint density at radius 1 is 1.39 bits per heavy atom. The lowest BCUT2D eigenvalue weighted by Crippen LogP contribution is -2.53. The summed E-state index contributed by atoms with van der Waals surface area (Å²) in [5, 5.41) is 19.2. The van der Waals surface area contributed by atoms with Crippen LogP contribution in [0, 0.1) is 11.2 Å². The lowest BCUT2D eigenvalue weighted by atomic mass is 9.86. The lowest BCUT2D eigenvalue weighted by Gasteiger charge is -2.30. The molecule has 2 amide bonds. The van der Waals surface area contributed by atoms with Crippen LogP contribution in [0.4, 0.5) is 4.39 Å². The fourth-order valence-electron chi connectivity index (χ4n) is 3.74. The molecule has 3 rings (SSSR count). The Labute approximate surface area is 181 Å². The highest BCUT2D eigenvalue weighted by atomic mass is 19.1. The van der Waals surface area contributed by atoms with Crippen molar-refractivity contribution in [2.24, 2.45) is 5.41 Å². The number of hydrogen-bond acceptors (Lipinski definition) is 5. The largest absolute Gasteiger partial charge is 0.396 e. The minimum atomic E-state index is -0.828. The van der Waals surface area contributed by atoms with Gasteiger partial charge < -0.3 is 20.5 Å². The highest BCUT2D eigenvalue weighted by molar-refractivity contribution is 6.06. The van der Waals surface area contributed by atoms with Gasteiger partial charge in [-0.05, 0) is 30.7 Å². The third-order valence-corrected chi connectivity index (χ3v) is 5.37. The zero-order valence-electron chi connectivity index (χ0n) is 18.3. The molecule has 0 bridgehead atoms. The fourth-order valence-corrected chi connectivity index (χ4v) is 3.74. The van der Waals surface area contributed by atoms with Crippen molar-refractivity contribution >= 4 is 22.7 Å². The lowest BCUT2D eigenvalue weighted by molar-refractivity contribution is -0.125. The number of aromatic nitrogens is 2. The third kappa shape index (κ3) is 5.40. The van der Waals surface area contributed by atoms with Gasteiger partial charge in [-0.15, -0.1) is 0 Å². The van der Waals surface area contributed by atoms with Crippen molar-refractivity contribution in [2.45, 2.75) is 58.7 Å². The van der Waals surface area contributed by atoms with E-state index < -0.39 is 23.2 Å². The smallest absolute Gasteiger partial charge is 0.273 e. The van der Waals surface area contributed by atoms with Gasteiger partial charge in [-0.3, -0.25) is 14.3 Å². The molecule has 1 aromatic heterocycles. The van der Waals surface area contributed by atoms with Crippen molar-refractivity contribution in [3.8, 4) is 0 Å². The number of fused-ring (bicyclic) bond motifs is 1. The molecule has 2 aromatic rings. The summed E-state index contributed by atoms with van der Waals surface area (Å²) in [6, 6.07) is 3.70. The summed E-state index contributed by atoms with van der Waals surface area (Å²) >= 11 is 0. The first-order valence-corrected chi connectivity index (χ1v) is 10.7. The molecule has 9 heteroatoms. The highest BCUT2D eigenvalue weighted by Crippen LogP contribution is 2.25. The van der Waals surface area contributed by atoms with Gasteiger partial charge in [0.05, 0.1) is 12.6 Å². The minimum absolute atomic E-state index is 0.0352. The molecule has 0 spiro atoms. The molecular formula is C22H31FN4O4. The molecule has 1 fully saturated rings. The summed E-state index contributed by atoms with van der Waals surface area (Å²) in [5.41, 5.74) is -0.243. The van der Waals surface area contributed by atoms with Gasteiger partial charge in [0.25, 0.3) is 5.91 Å². The van der Waals surface area contributed by atoms with E-state index >= 15 is 0 Å². The summed E-state index contributed by atoms with van der Waals surface area (Å²) in [6.07, 6.45) is 2.16. The van der Waals surface area contributed by atoms with E-state index in [1.807, 2.05) is 20.8 Å². The molecule has 2 heterocycles. The molecule has 1 aromatic carbocycles. The van der Waals surface area contributed by atoms with Gasteiger partial charge in [0.1, 0.15) is 17.4 Å². The third-order valence-electron chi connectivity index (χ3n) is 5.37. The van der Waals surface area contributed by atoms with Gasteiger partial charge in [-0.2, -0.15) is 5.10 Å². The summed E-state index contributed by atoms with van der Waals surface area (Å²) in [5.74, 6) is -1.35. The molecule has 3 N–H and O–H groups in total. The Morgan fingerprint density at radius 3 is 2.81 bits per heavy atom. The molecule has 8 nitrogen and oxygen atoms in total. The number of amides is 2. The van der Waals surface area contributed by atoms with E-state index in [-0.39, 0.29) is 29.8 Å². The molecule has 1 saturated heterocycles. The number of benzene rings is 1. The molecule has 0 saturated carbocycles. The van der Waals surface area contributed by atoms with Crippen molar-refractivity contribution in [3.05, 3.63) is 29.7 Å². The fraction of sp³-hybridized carbons (Fsp3) is 0.591. The number of halogens is 1. The number of aliphatic hydroxyl groups is 1. The van der Waals surface area contributed by atoms with Crippen LogP contribution < -0.4 is 10.6 Å². The monoisotopic (exact) mass is 434 g/mol. The van der Waals surface area contributed by atoms with E-state index in [0.29, 0.717) is 31.5 Å². The number of rotatable bonds is 8. The second-order valence-corrected chi connectivity index (χ2v) is 8.94.